The lowest BCUT2D eigenvalue weighted by molar-refractivity contribution is -0.116. The van der Waals surface area contributed by atoms with E-state index >= 15 is 0 Å². The van der Waals surface area contributed by atoms with Crippen molar-refractivity contribution in [2.45, 2.75) is 27.2 Å². The van der Waals surface area contributed by atoms with Crippen LogP contribution < -0.4 is 10.6 Å². The number of hydrogen-bond donors (Lipinski definition) is 2. The Morgan fingerprint density at radius 1 is 0.947 bits per heavy atom. The van der Waals surface area contributed by atoms with Crippen LogP contribution in [0.25, 0.3) is 16.9 Å². The SMILES string of the molecule is CCCN(CC(=O)Nc1cc(-c2ccccc2)nn1-c1ccc(C)cc1C)C(=O)Nc1ccc(F)cc1F. The van der Waals surface area contributed by atoms with Crippen molar-refractivity contribution in [1.82, 2.24) is 14.7 Å². The summed E-state index contributed by atoms with van der Waals surface area (Å²) in [6.07, 6.45) is 0.575. The van der Waals surface area contributed by atoms with Crippen molar-refractivity contribution >= 4 is 23.4 Å². The highest BCUT2D eigenvalue weighted by Gasteiger charge is 2.21. The maximum Gasteiger partial charge on any atom is 0.322 e. The molecule has 0 atom stereocenters. The van der Waals surface area contributed by atoms with Gasteiger partial charge >= 0.3 is 6.03 Å². The lowest BCUT2D eigenvalue weighted by atomic mass is 10.1. The molecule has 9 heteroatoms. The van der Waals surface area contributed by atoms with Crippen LogP contribution in [0.3, 0.4) is 0 Å². The monoisotopic (exact) mass is 517 g/mol. The van der Waals surface area contributed by atoms with Gasteiger partial charge in [0, 0.05) is 24.2 Å². The summed E-state index contributed by atoms with van der Waals surface area (Å²) >= 11 is 0. The molecule has 0 bridgehead atoms. The fourth-order valence-electron chi connectivity index (χ4n) is 4.11. The standard InChI is InChI=1S/C29H29F2N5O2/c1-4-14-35(29(38)32-24-12-11-22(30)16-23(24)31)18-28(37)33-27-17-25(21-8-6-5-7-9-21)34-36(27)26-13-10-19(2)15-20(26)3/h5-13,15-17H,4,14,18H2,1-3H3,(H,32,38)(H,33,37). The number of benzene rings is 3. The second-order valence-corrected chi connectivity index (χ2v) is 9.01. The number of nitrogens with zero attached hydrogens (tertiary/aromatic N) is 3. The van der Waals surface area contributed by atoms with Crippen LogP contribution in [0.4, 0.5) is 25.1 Å². The van der Waals surface area contributed by atoms with Gasteiger partial charge in [0.1, 0.15) is 24.0 Å². The summed E-state index contributed by atoms with van der Waals surface area (Å²) in [4.78, 5) is 27.2. The summed E-state index contributed by atoms with van der Waals surface area (Å²) in [6.45, 7) is 5.82. The van der Waals surface area contributed by atoms with Gasteiger partial charge < -0.3 is 15.5 Å². The van der Waals surface area contributed by atoms with Crippen LogP contribution in [-0.2, 0) is 4.79 Å². The first-order valence-corrected chi connectivity index (χ1v) is 12.3. The molecule has 0 aliphatic carbocycles. The number of amides is 3. The second-order valence-electron chi connectivity index (χ2n) is 9.01. The molecule has 4 aromatic rings. The molecule has 196 valence electrons. The van der Waals surface area contributed by atoms with E-state index in [0.717, 1.165) is 34.5 Å². The number of aromatic nitrogens is 2. The van der Waals surface area contributed by atoms with Crippen molar-refractivity contribution < 1.29 is 18.4 Å². The molecule has 0 fully saturated rings. The molecular weight excluding hydrogens is 488 g/mol. The van der Waals surface area contributed by atoms with Gasteiger partial charge in [0.25, 0.3) is 0 Å². The quantitative estimate of drug-likeness (QED) is 0.287. The van der Waals surface area contributed by atoms with Gasteiger partial charge in [-0.05, 0) is 44.0 Å². The van der Waals surface area contributed by atoms with Crippen LogP contribution in [0.1, 0.15) is 24.5 Å². The van der Waals surface area contributed by atoms with Gasteiger partial charge in [0.05, 0.1) is 17.1 Å². The van der Waals surface area contributed by atoms with Crippen LogP contribution in [0.15, 0.2) is 72.8 Å². The summed E-state index contributed by atoms with van der Waals surface area (Å²) in [5.41, 5.74) is 4.29. The Morgan fingerprint density at radius 2 is 1.71 bits per heavy atom. The molecule has 1 aromatic heterocycles. The topological polar surface area (TPSA) is 79.3 Å². The first-order valence-electron chi connectivity index (χ1n) is 12.3. The van der Waals surface area contributed by atoms with E-state index in [2.05, 4.69) is 10.6 Å². The average Bonchev–Trinajstić information content (AvgIpc) is 3.29. The van der Waals surface area contributed by atoms with Gasteiger partial charge in [0.2, 0.25) is 5.91 Å². The lowest BCUT2D eigenvalue weighted by Gasteiger charge is -2.22. The van der Waals surface area contributed by atoms with Crippen molar-refractivity contribution in [3.05, 3.63) is 95.6 Å². The fraction of sp³-hybridized carbons (Fsp3) is 0.207. The molecule has 0 saturated heterocycles. The minimum absolute atomic E-state index is 0.168. The van der Waals surface area contributed by atoms with E-state index in [4.69, 9.17) is 5.10 Å². The van der Waals surface area contributed by atoms with E-state index < -0.39 is 23.6 Å². The number of aryl methyl sites for hydroxylation is 2. The van der Waals surface area contributed by atoms with Gasteiger partial charge in [0.15, 0.2) is 0 Å². The highest BCUT2D eigenvalue weighted by molar-refractivity contribution is 5.97. The van der Waals surface area contributed by atoms with E-state index in [1.807, 2.05) is 69.3 Å². The van der Waals surface area contributed by atoms with Gasteiger partial charge in [-0.3, -0.25) is 4.79 Å². The first-order chi connectivity index (χ1) is 18.2. The minimum atomic E-state index is -0.898. The van der Waals surface area contributed by atoms with Gasteiger partial charge in [-0.2, -0.15) is 5.10 Å². The Labute approximate surface area is 220 Å². The van der Waals surface area contributed by atoms with Gasteiger partial charge in [-0.25, -0.2) is 18.3 Å². The molecule has 3 aromatic carbocycles. The molecule has 0 aliphatic rings. The zero-order valence-electron chi connectivity index (χ0n) is 21.5. The van der Waals surface area contributed by atoms with Crippen molar-refractivity contribution in [2.24, 2.45) is 0 Å². The Hall–Kier alpha value is -4.53. The van der Waals surface area contributed by atoms with E-state index in [9.17, 15) is 18.4 Å². The fourth-order valence-corrected chi connectivity index (χ4v) is 4.11. The molecule has 7 nitrogen and oxygen atoms in total. The summed E-state index contributed by atoms with van der Waals surface area (Å²) in [5, 5.41) is 10.1. The second kappa shape index (κ2) is 11.7. The van der Waals surface area contributed by atoms with Gasteiger partial charge in [-0.15, -0.1) is 0 Å². The largest absolute Gasteiger partial charge is 0.322 e. The normalized spacial score (nSPS) is 10.8. The Balaban J connectivity index is 1.58. The number of anilines is 2. The third-order valence-electron chi connectivity index (χ3n) is 5.91. The summed E-state index contributed by atoms with van der Waals surface area (Å²) in [6, 6.07) is 19.5. The zero-order chi connectivity index (χ0) is 27.2. The molecule has 0 saturated carbocycles. The van der Waals surface area contributed by atoms with Crippen LogP contribution in [-0.4, -0.2) is 39.7 Å². The van der Waals surface area contributed by atoms with E-state index in [1.54, 1.807) is 10.7 Å². The van der Waals surface area contributed by atoms with Gasteiger partial charge in [-0.1, -0.05) is 55.0 Å². The molecule has 4 rings (SSSR count). The molecule has 0 spiro atoms. The molecule has 1 heterocycles. The average molecular weight is 518 g/mol. The Bertz CT molecular complexity index is 1450. The summed E-state index contributed by atoms with van der Waals surface area (Å²) in [7, 11) is 0. The van der Waals surface area contributed by atoms with Crippen LogP contribution in [0, 0.1) is 25.5 Å². The van der Waals surface area contributed by atoms with Crippen molar-refractivity contribution in [1.29, 1.82) is 0 Å². The third-order valence-corrected chi connectivity index (χ3v) is 5.91. The number of rotatable bonds is 8. The zero-order valence-corrected chi connectivity index (χ0v) is 21.5. The van der Waals surface area contributed by atoms with E-state index in [-0.39, 0.29) is 18.8 Å². The number of nitrogens with one attached hydrogen (secondary N) is 2. The van der Waals surface area contributed by atoms with E-state index in [0.29, 0.717) is 24.0 Å². The molecular formula is C29H29F2N5O2. The maximum absolute atomic E-state index is 14.1. The molecule has 3 amide bonds. The smallest absolute Gasteiger partial charge is 0.315 e. The lowest BCUT2D eigenvalue weighted by Crippen LogP contribution is -2.41. The molecule has 0 radical (unpaired) electrons. The number of carbonyl (C=O) groups is 2. The molecule has 2 N–H and O–H groups in total. The number of hydrogen-bond acceptors (Lipinski definition) is 3. The summed E-state index contributed by atoms with van der Waals surface area (Å²) < 4.78 is 29.0. The number of halogens is 2. The number of urea groups is 1. The summed E-state index contributed by atoms with van der Waals surface area (Å²) in [5.74, 6) is -1.65. The minimum Gasteiger partial charge on any atom is -0.315 e. The van der Waals surface area contributed by atoms with Crippen LogP contribution in [0.5, 0.6) is 0 Å². The van der Waals surface area contributed by atoms with Crippen LogP contribution >= 0.6 is 0 Å². The van der Waals surface area contributed by atoms with Crippen LogP contribution in [0.2, 0.25) is 0 Å². The Kier molecular flexibility index (Phi) is 8.15. The van der Waals surface area contributed by atoms with Crippen molar-refractivity contribution in [3.8, 4) is 16.9 Å². The van der Waals surface area contributed by atoms with Crippen molar-refractivity contribution in [3.63, 3.8) is 0 Å². The maximum atomic E-state index is 14.1. The predicted molar refractivity (Wildman–Crippen MR) is 144 cm³/mol. The predicted octanol–water partition coefficient (Wildman–Crippen LogP) is 6.32. The molecule has 38 heavy (non-hydrogen) atoms. The first kappa shape index (κ1) is 26.5. The number of carbonyl (C=O) groups excluding carboxylic acids is 2. The van der Waals surface area contributed by atoms with E-state index in [1.165, 1.54) is 4.90 Å². The van der Waals surface area contributed by atoms with Crippen molar-refractivity contribution in [2.75, 3.05) is 23.7 Å². The highest BCUT2D eigenvalue weighted by Crippen LogP contribution is 2.27. The highest BCUT2D eigenvalue weighted by atomic mass is 19.1. The molecule has 0 aliphatic heterocycles. The molecule has 0 unspecified atom stereocenters. The third kappa shape index (κ3) is 6.23. The Morgan fingerprint density at radius 3 is 2.39 bits per heavy atom.